The van der Waals surface area contributed by atoms with Gasteiger partial charge in [0.15, 0.2) is 0 Å². The average Bonchev–Trinajstić information content (AvgIpc) is 3.21. The predicted octanol–water partition coefficient (Wildman–Crippen LogP) is 5.77. The maximum absolute atomic E-state index is 13.8. The monoisotopic (exact) mass is 522 g/mol. The minimum atomic E-state index is -4.08. The fourth-order valence-electron chi connectivity index (χ4n) is 3.66. The first-order chi connectivity index (χ1) is 17.1. The van der Waals surface area contributed by atoms with E-state index >= 15 is 0 Å². The van der Waals surface area contributed by atoms with E-state index in [-0.39, 0.29) is 25.4 Å². The third kappa shape index (κ3) is 4.80. The van der Waals surface area contributed by atoms with Crippen LogP contribution in [0.2, 0.25) is 0 Å². The second-order valence-corrected chi connectivity index (χ2v) is 11.1. The maximum Gasteiger partial charge on any atom is 0.211 e. The first kappa shape index (κ1) is 25.3. The number of carbonyl (C=O) groups is 1. The minimum absolute atomic E-state index is 0.0383. The van der Waals surface area contributed by atoms with Gasteiger partial charge in [-0.2, -0.15) is 0 Å². The van der Waals surface area contributed by atoms with Gasteiger partial charge in [-0.25, -0.2) is 8.42 Å². The second-order valence-electron chi connectivity index (χ2n) is 8.17. The number of nitrogen functional groups attached to an aromatic ring is 1. The lowest BCUT2D eigenvalue weighted by Gasteiger charge is -2.11. The number of methoxy groups -OCH3 is 2. The fraction of sp³-hybridized carbons (Fsp3) is 0.148. The summed E-state index contributed by atoms with van der Waals surface area (Å²) in [4.78, 5) is 13.5. The van der Waals surface area contributed by atoms with Gasteiger partial charge in [0.2, 0.25) is 15.6 Å². The van der Waals surface area contributed by atoms with E-state index in [4.69, 9.17) is 15.2 Å². The van der Waals surface area contributed by atoms with Crippen molar-refractivity contribution in [3.8, 4) is 11.5 Å². The van der Waals surface area contributed by atoms with Crippen molar-refractivity contribution in [2.75, 3.05) is 25.3 Å². The van der Waals surface area contributed by atoms with Gasteiger partial charge in [-0.1, -0.05) is 18.2 Å². The fourth-order valence-corrected chi connectivity index (χ4v) is 6.60. The molecule has 4 aromatic rings. The number of hydrogen-bond acceptors (Lipinski definition) is 8. The number of rotatable bonds is 8. The molecule has 0 spiro atoms. The number of nitrogens with one attached hydrogen (secondary N) is 1. The van der Waals surface area contributed by atoms with Crippen molar-refractivity contribution in [2.45, 2.75) is 23.6 Å². The molecule has 0 saturated heterocycles. The van der Waals surface area contributed by atoms with Crippen molar-refractivity contribution in [1.29, 1.82) is 0 Å². The van der Waals surface area contributed by atoms with Crippen molar-refractivity contribution < 1.29 is 22.7 Å². The van der Waals surface area contributed by atoms with Crippen LogP contribution >= 0.6 is 11.3 Å². The average molecular weight is 523 g/mol. The van der Waals surface area contributed by atoms with E-state index in [1.807, 2.05) is 32.0 Å². The summed E-state index contributed by atoms with van der Waals surface area (Å²) in [6, 6.07) is 18.4. The zero-order chi connectivity index (χ0) is 26.0. The molecule has 0 aliphatic heterocycles. The molecule has 0 aliphatic rings. The van der Waals surface area contributed by atoms with Gasteiger partial charge in [0, 0.05) is 11.3 Å². The Bertz CT molecular complexity index is 1540. The van der Waals surface area contributed by atoms with Gasteiger partial charge in [-0.15, -0.1) is 11.3 Å². The SMILES string of the molecule is COc1ccc(S(=O)(=O)c2c(Nc3ccc(C)c(C)c3)sc(C(=O)c3cccc(OC)c3)c2N)cc1. The summed E-state index contributed by atoms with van der Waals surface area (Å²) >= 11 is 1.01. The molecule has 0 atom stereocenters. The summed E-state index contributed by atoms with van der Waals surface area (Å²) in [5, 5.41) is 3.45. The molecule has 9 heteroatoms. The third-order valence-corrected chi connectivity index (χ3v) is 8.94. The molecule has 1 aromatic heterocycles. The number of ketones is 1. The molecule has 0 saturated carbocycles. The summed E-state index contributed by atoms with van der Waals surface area (Å²) in [6.07, 6.45) is 0. The van der Waals surface area contributed by atoms with Crippen LogP contribution in [0.4, 0.5) is 16.4 Å². The lowest BCUT2D eigenvalue weighted by molar-refractivity contribution is 0.104. The molecule has 3 aromatic carbocycles. The van der Waals surface area contributed by atoms with E-state index in [1.165, 1.54) is 26.4 Å². The Morgan fingerprint density at radius 3 is 2.22 bits per heavy atom. The van der Waals surface area contributed by atoms with Crippen LogP contribution in [0.1, 0.15) is 26.4 Å². The molecule has 3 N–H and O–H groups in total. The molecule has 0 unspecified atom stereocenters. The number of ether oxygens (including phenoxy) is 2. The van der Waals surface area contributed by atoms with Crippen molar-refractivity contribution in [1.82, 2.24) is 0 Å². The first-order valence-electron chi connectivity index (χ1n) is 11.0. The van der Waals surface area contributed by atoms with Crippen LogP contribution < -0.4 is 20.5 Å². The number of carbonyl (C=O) groups excluding carboxylic acids is 1. The molecule has 0 aliphatic carbocycles. The highest BCUT2D eigenvalue weighted by molar-refractivity contribution is 7.92. The van der Waals surface area contributed by atoms with E-state index < -0.39 is 15.6 Å². The van der Waals surface area contributed by atoms with E-state index in [2.05, 4.69) is 5.32 Å². The van der Waals surface area contributed by atoms with Crippen LogP contribution in [0.25, 0.3) is 0 Å². The van der Waals surface area contributed by atoms with Gasteiger partial charge in [0.25, 0.3) is 0 Å². The normalized spacial score (nSPS) is 11.2. The number of aryl methyl sites for hydroxylation is 2. The lowest BCUT2D eigenvalue weighted by Crippen LogP contribution is -2.08. The summed E-state index contributed by atoms with van der Waals surface area (Å²) in [5.41, 5.74) is 9.48. The smallest absolute Gasteiger partial charge is 0.211 e. The second kappa shape index (κ2) is 10.0. The van der Waals surface area contributed by atoms with E-state index in [0.29, 0.717) is 22.7 Å². The van der Waals surface area contributed by atoms with E-state index in [1.54, 1.807) is 36.4 Å². The van der Waals surface area contributed by atoms with Gasteiger partial charge < -0.3 is 20.5 Å². The highest BCUT2D eigenvalue weighted by atomic mass is 32.2. The lowest BCUT2D eigenvalue weighted by atomic mass is 10.1. The number of benzene rings is 3. The van der Waals surface area contributed by atoms with Crippen LogP contribution in [0, 0.1) is 13.8 Å². The molecule has 36 heavy (non-hydrogen) atoms. The van der Waals surface area contributed by atoms with Crippen molar-refractivity contribution in [3.05, 3.63) is 88.3 Å². The largest absolute Gasteiger partial charge is 0.497 e. The minimum Gasteiger partial charge on any atom is -0.497 e. The van der Waals surface area contributed by atoms with Crippen molar-refractivity contribution >= 4 is 43.3 Å². The number of thiophene rings is 1. The summed E-state index contributed by atoms with van der Waals surface area (Å²) in [6.45, 7) is 3.96. The highest BCUT2D eigenvalue weighted by Gasteiger charge is 2.32. The third-order valence-electron chi connectivity index (χ3n) is 5.84. The number of hydrogen-bond donors (Lipinski definition) is 2. The van der Waals surface area contributed by atoms with Gasteiger partial charge in [0.05, 0.1) is 24.8 Å². The van der Waals surface area contributed by atoms with Crippen molar-refractivity contribution in [3.63, 3.8) is 0 Å². The summed E-state index contributed by atoms with van der Waals surface area (Å²) < 4.78 is 37.9. The van der Waals surface area contributed by atoms with Crippen molar-refractivity contribution in [2.24, 2.45) is 0 Å². The van der Waals surface area contributed by atoms with Gasteiger partial charge in [-0.05, 0) is 73.5 Å². The van der Waals surface area contributed by atoms with Gasteiger partial charge in [-0.3, -0.25) is 4.79 Å². The number of nitrogens with two attached hydrogens (primary N) is 1. The standard InChI is InChI=1S/C27H26N2O5S2/c1-16-8-9-19(14-17(16)2)29-27-26(36(31,32)22-12-10-20(33-3)11-13-22)23(28)25(35-27)24(30)18-6-5-7-21(15-18)34-4/h5-15,29H,28H2,1-4H3. The maximum atomic E-state index is 13.8. The van der Waals surface area contributed by atoms with Gasteiger partial charge in [0.1, 0.15) is 26.3 Å². The molecule has 0 fully saturated rings. The molecule has 186 valence electrons. The molecule has 0 amide bonds. The topological polar surface area (TPSA) is 108 Å². The zero-order valence-corrected chi connectivity index (χ0v) is 21.9. The van der Waals surface area contributed by atoms with E-state index in [0.717, 1.165) is 22.5 Å². The Labute approximate surface area is 214 Å². The Balaban J connectivity index is 1.87. The van der Waals surface area contributed by atoms with Crippen LogP contribution in [-0.2, 0) is 9.84 Å². The Kier molecular flexibility index (Phi) is 7.05. The zero-order valence-electron chi connectivity index (χ0n) is 20.3. The Hall–Kier alpha value is -3.82. The molecule has 0 bridgehead atoms. The van der Waals surface area contributed by atoms with Gasteiger partial charge >= 0.3 is 0 Å². The molecular weight excluding hydrogens is 496 g/mol. The molecular formula is C27H26N2O5S2. The molecule has 1 heterocycles. The Morgan fingerprint density at radius 2 is 1.58 bits per heavy atom. The Morgan fingerprint density at radius 1 is 0.889 bits per heavy atom. The molecule has 4 rings (SSSR count). The number of anilines is 3. The van der Waals surface area contributed by atoms with Crippen LogP contribution in [0.15, 0.2) is 76.5 Å². The molecule has 7 nitrogen and oxygen atoms in total. The quantitative estimate of drug-likeness (QED) is 0.283. The van der Waals surface area contributed by atoms with Crippen LogP contribution in [0.3, 0.4) is 0 Å². The summed E-state index contributed by atoms with van der Waals surface area (Å²) in [7, 11) is -1.07. The van der Waals surface area contributed by atoms with Crippen LogP contribution in [0.5, 0.6) is 11.5 Å². The summed E-state index contributed by atoms with van der Waals surface area (Å²) in [5.74, 6) is 0.640. The first-order valence-corrected chi connectivity index (χ1v) is 13.3. The highest BCUT2D eigenvalue weighted by Crippen LogP contribution is 2.44. The predicted molar refractivity (Wildman–Crippen MR) is 143 cm³/mol. The number of sulfone groups is 1. The molecule has 0 radical (unpaired) electrons. The van der Waals surface area contributed by atoms with Crippen LogP contribution in [-0.4, -0.2) is 28.4 Å². The van der Waals surface area contributed by atoms with E-state index in [9.17, 15) is 13.2 Å².